The Balaban J connectivity index is 1.36. The lowest BCUT2D eigenvalue weighted by atomic mass is 9.63. The number of hydrogen-bond acceptors (Lipinski definition) is 1. The van der Waals surface area contributed by atoms with Crippen LogP contribution in [0.25, 0.3) is 11.1 Å². The molecule has 1 nitrogen and oxygen atoms in total. The molecule has 0 aromatic heterocycles. The van der Waals surface area contributed by atoms with Gasteiger partial charge in [0.15, 0.2) is 11.6 Å². The molecule has 0 N–H and O–H groups in total. The van der Waals surface area contributed by atoms with Crippen molar-refractivity contribution in [1.29, 1.82) is 0 Å². The number of allylic oxidation sites excluding steroid dienone is 2. The van der Waals surface area contributed by atoms with E-state index < -0.39 is 17.9 Å². The van der Waals surface area contributed by atoms with Crippen molar-refractivity contribution in [3.63, 3.8) is 0 Å². The maximum atomic E-state index is 14.1. The van der Waals surface area contributed by atoms with Crippen molar-refractivity contribution in [1.82, 2.24) is 0 Å². The van der Waals surface area contributed by atoms with Gasteiger partial charge in [0.05, 0.1) is 0 Å². The monoisotopic (exact) mass is 460 g/mol. The van der Waals surface area contributed by atoms with Crippen LogP contribution in [0, 0.1) is 23.6 Å². The van der Waals surface area contributed by atoms with Crippen molar-refractivity contribution in [3.8, 4) is 16.9 Å². The molecule has 178 valence electrons. The maximum absolute atomic E-state index is 14.1. The third-order valence-electron chi connectivity index (χ3n) is 7.57. The molecule has 0 bridgehead atoms. The summed E-state index contributed by atoms with van der Waals surface area (Å²) >= 11 is 0. The van der Waals surface area contributed by atoms with Gasteiger partial charge >= 0.3 is 6.36 Å². The lowest BCUT2D eigenvalue weighted by Crippen LogP contribution is -2.30. The van der Waals surface area contributed by atoms with Gasteiger partial charge in [-0.05, 0) is 104 Å². The Morgan fingerprint density at radius 3 is 2.30 bits per heavy atom. The summed E-state index contributed by atoms with van der Waals surface area (Å²) in [7, 11) is 0. The van der Waals surface area contributed by atoms with Gasteiger partial charge in [-0.2, -0.15) is 0 Å². The normalized spacial score (nSPS) is 25.7. The van der Waals surface area contributed by atoms with Crippen LogP contribution in [0.1, 0.15) is 69.8 Å². The van der Waals surface area contributed by atoms with Crippen LogP contribution in [0.3, 0.4) is 0 Å². The van der Waals surface area contributed by atoms with Crippen LogP contribution >= 0.6 is 0 Å². The van der Waals surface area contributed by atoms with E-state index in [9.17, 15) is 17.6 Å². The number of ether oxygens (including phenoxy) is 1. The largest absolute Gasteiger partial charge is 0.573 e. The van der Waals surface area contributed by atoms with Gasteiger partial charge in [-0.3, -0.25) is 0 Å². The molecule has 4 atom stereocenters. The maximum Gasteiger partial charge on any atom is 0.573 e. The van der Waals surface area contributed by atoms with E-state index in [4.69, 9.17) is 0 Å². The van der Waals surface area contributed by atoms with E-state index in [1.54, 1.807) is 0 Å². The summed E-state index contributed by atoms with van der Waals surface area (Å²) in [6.07, 6.45) is 9.87. The molecule has 2 saturated carbocycles. The zero-order valence-corrected chi connectivity index (χ0v) is 19.1. The van der Waals surface area contributed by atoms with Crippen LogP contribution in [0.2, 0.25) is 0 Å². The van der Waals surface area contributed by atoms with E-state index >= 15 is 0 Å². The van der Waals surface area contributed by atoms with Crippen LogP contribution in [0.15, 0.2) is 54.6 Å². The minimum Gasteiger partial charge on any atom is -0.403 e. The SMILES string of the molecule is C/C=C/CCC1CCC2CC(c3ccc(-c4ccc(OC(F)(F)F)c(F)c4)cc3)CCC2C1. The summed E-state index contributed by atoms with van der Waals surface area (Å²) in [4.78, 5) is 0. The molecule has 2 aromatic carbocycles. The van der Waals surface area contributed by atoms with Crippen molar-refractivity contribution < 1.29 is 22.3 Å². The summed E-state index contributed by atoms with van der Waals surface area (Å²) in [5.74, 6) is 1.29. The van der Waals surface area contributed by atoms with Crippen LogP contribution in [0.5, 0.6) is 5.75 Å². The molecule has 0 amide bonds. The highest BCUT2D eigenvalue weighted by Gasteiger charge is 2.36. The predicted octanol–water partition coefficient (Wildman–Crippen LogP) is 9.05. The first-order valence-electron chi connectivity index (χ1n) is 12.1. The second-order valence-electron chi connectivity index (χ2n) is 9.67. The molecule has 2 aromatic rings. The van der Waals surface area contributed by atoms with E-state index in [1.165, 1.54) is 63.0 Å². The fourth-order valence-corrected chi connectivity index (χ4v) is 5.89. The van der Waals surface area contributed by atoms with Crippen LogP contribution in [-0.4, -0.2) is 6.36 Å². The molecule has 33 heavy (non-hydrogen) atoms. The smallest absolute Gasteiger partial charge is 0.403 e. The molecule has 2 aliphatic rings. The van der Waals surface area contributed by atoms with Crippen molar-refractivity contribution >= 4 is 0 Å². The third-order valence-corrected chi connectivity index (χ3v) is 7.57. The van der Waals surface area contributed by atoms with Crippen LogP contribution in [-0.2, 0) is 0 Å². The zero-order chi connectivity index (χ0) is 23.4. The van der Waals surface area contributed by atoms with Crippen molar-refractivity contribution in [3.05, 3.63) is 66.0 Å². The van der Waals surface area contributed by atoms with Gasteiger partial charge < -0.3 is 4.74 Å². The van der Waals surface area contributed by atoms with Crippen molar-refractivity contribution in [2.75, 3.05) is 0 Å². The standard InChI is InChI=1S/C28H32F4O/c1-2-3-4-5-19-6-7-24-17-23(13-12-22(24)16-19)20-8-10-21(11-9-20)25-14-15-27(26(29)18-25)33-28(30,31)32/h2-3,8-11,14-15,18-19,22-24H,4-7,12-13,16-17H2,1H3/b3-2+. The molecule has 4 rings (SSSR count). The minimum absolute atomic E-state index is 0.536. The van der Waals surface area contributed by atoms with Gasteiger partial charge in [0.2, 0.25) is 0 Å². The van der Waals surface area contributed by atoms with Crippen molar-refractivity contribution in [2.24, 2.45) is 17.8 Å². The first kappa shape index (κ1) is 23.8. The number of rotatable bonds is 6. The number of hydrogen-bond donors (Lipinski definition) is 0. The molecule has 0 spiro atoms. The molecule has 2 fully saturated rings. The minimum atomic E-state index is -4.91. The molecular weight excluding hydrogens is 428 g/mol. The number of alkyl halides is 3. The summed E-state index contributed by atoms with van der Waals surface area (Å²) in [5.41, 5.74) is 2.63. The molecule has 0 radical (unpaired) electrons. The Morgan fingerprint density at radius 2 is 1.61 bits per heavy atom. The second kappa shape index (κ2) is 10.3. The van der Waals surface area contributed by atoms with E-state index in [0.717, 1.165) is 35.4 Å². The Morgan fingerprint density at radius 1 is 0.909 bits per heavy atom. The van der Waals surface area contributed by atoms with Gasteiger partial charge in [-0.1, -0.05) is 48.9 Å². The zero-order valence-electron chi connectivity index (χ0n) is 19.1. The average molecular weight is 461 g/mol. The highest BCUT2D eigenvalue weighted by molar-refractivity contribution is 5.64. The third kappa shape index (κ3) is 6.18. The molecule has 0 aliphatic heterocycles. The van der Waals surface area contributed by atoms with Crippen LogP contribution in [0.4, 0.5) is 17.6 Å². The van der Waals surface area contributed by atoms with E-state index in [2.05, 4.69) is 35.9 Å². The Hall–Kier alpha value is -2.30. The molecule has 2 aliphatic carbocycles. The Kier molecular flexibility index (Phi) is 7.45. The van der Waals surface area contributed by atoms with Crippen molar-refractivity contribution in [2.45, 2.75) is 70.6 Å². The quantitative estimate of drug-likeness (QED) is 0.309. The fourth-order valence-electron chi connectivity index (χ4n) is 5.89. The molecular formula is C28H32F4O. The number of benzene rings is 2. The lowest BCUT2D eigenvalue weighted by Gasteiger charge is -2.42. The van der Waals surface area contributed by atoms with E-state index in [0.29, 0.717) is 11.5 Å². The van der Waals surface area contributed by atoms with Gasteiger partial charge in [0, 0.05) is 0 Å². The summed E-state index contributed by atoms with van der Waals surface area (Å²) in [5, 5.41) is 0. The first-order valence-corrected chi connectivity index (χ1v) is 12.1. The summed E-state index contributed by atoms with van der Waals surface area (Å²) in [6, 6.07) is 11.7. The molecule has 0 saturated heterocycles. The van der Waals surface area contributed by atoms with Gasteiger partial charge in [0.25, 0.3) is 0 Å². The van der Waals surface area contributed by atoms with E-state index in [-0.39, 0.29) is 0 Å². The van der Waals surface area contributed by atoms with Crippen LogP contribution < -0.4 is 4.74 Å². The Labute approximate surface area is 193 Å². The first-order chi connectivity index (χ1) is 15.8. The highest BCUT2D eigenvalue weighted by atomic mass is 19.4. The highest BCUT2D eigenvalue weighted by Crippen LogP contribution is 2.48. The van der Waals surface area contributed by atoms with Gasteiger partial charge in [0.1, 0.15) is 0 Å². The second-order valence-corrected chi connectivity index (χ2v) is 9.67. The molecule has 5 heteroatoms. The topological polar surface area (TPSA) is 9.23 Å². The number of halogens is 4. The fraction of sp³-hybridized carbons (Fsp3) is 0.500. The molecule has 0 heterocycles. The number of fused-ring (bicyclic) bond motifs is 1. The van der Waals surface area contributed by atoms with Gasteiger partial charge in [-0.25, -0.2) is 4.39 Å². The van der Waals surface area contributed by atoms with E-state index in [1.807, 2.05) is 12.1 Å². The molecule has 4 unspecified atom stereocenters. The summed E-state index contributed by atoms with van der Waals surface area (Å²) < 4.78 is 54.9. The van der Waals surface area contributed by atoms with Gasteiger partial charge in [-0.15, -0.1) is 13.2 Å². The predicted molar refractivity (Wildman–Crippen MR) is 123 cm³/mol. The Bertz CT molecular complexity index is 947. The average Bonchev–Trinajstić information content (AvgIpc) is 2.79. The summed E-state index contributed by atoms with van der Waals surface area (Å²) in [6.45, 7) is 2.09. The lowest BCUT2D eigenvalue weighted by molar-refractivity contribution is -0.275.